The number of hydrogen-bond donors (Lipinski definition) is 2. The van der Waals surface area contributed by atoms with Gasteiger partial charge in [-0.1, -0.05) is 18.2 Å². The maximum absolute atomic E-state index is 12.2. The zero-order valence-electron chi connectivity index (χ0n) is 12.9. The lowest BCUT2D eigenvalue weighted by atomic mass is 10.0. The van der Waals surface area contributed by atoms with Crippen LogP contribution in [-0.2, 0) is 16.0 Å². The minimum Gasteiger partial charge on any atom is -0.497 e. The number of ether oxygens (including phenoxy) is 1. The molecule has 0 atom stereocenters. The standard InChI is InChI=1S/C17H22N2O3/c1-3-11-18-15(20)17(9-10-17)16(21)19-12-8-13-4-6-14(22-2)7-5-13/h3-7H,1,8-12H2,2H3,(H,18,20)(H,19,21). The van der Waals surface area contributed by atoms with Gasteiger partial charge < -0.3 is 15.4 Å². The summed E-state index contributed by atoms with van der Waals surface area (Å²) < 4.78 is 5.10. The summed E-state index contributed by atoms with van der Waals surface area (Å²) in [6, 6.07) is 7.72. The van der Waals surface area contributed by atoms with E-state index >= 15 is 0 Å². The number of hydrogen-bond acceptors (Lipinski definition) is 3. The molecule has 1 fully saturated rings. The SMILES string of the molecule is C=CCNC(=O)C1(C(=O)NCCc2ccc(OC)cc2)CC1. The van der Waals surface area contributed by atoms with Gasteiger partial charge in [0.2, 0.25) is 11.8 Å². The van der Waals surface area contributed by atoms with Crippen molar-refractivity contribution in [3.63, 3.8) is 0 Å². The summed E-state index contributed by atoms with van der Waals surface area (Å²) in [6.07, 6.45) is 3.56. The molecule has 0 aromatic heterocycles. The molecule has 0 aliphatic heterocycles. The fourth-order valence-corrected chi connectivity index (χ4v) is 2.30. The minimum absolute atomic E-state index is 0.178. The Bertz CT molecular complexity index is 548. The minimum atomic E-state index is -0.858. The second kappa shape index (κ2) is 7.11. The predicted octanol–water partition coefficient (Wildman–Crippen LogP) is 1.44. The van der Waals surface area contributed by atoms with Crippen molar-refractivity contribution in [2.45, 2.75) is 19.3 Å². The highest BCUT2D eigenvalue weighted by Gasteiger charge is 2.56. The maximum Gasteiger partial charge on any atom is 0.235 e. The molecule has 1 aliphatic rings. The Morgan fingerprint density at radius 3 is 2.41 bits per heavy atom. The number of nitrogens with one attached hydrogen (secondary N) is 2. The lowest BCUT2D eigenvalue weighted by molar-refractivity contribution is -0.137. The third-order valence-electron chi connectivity index (χ3n) is 3.88. The van der Waals surface area contributed by atoms with E-state index in [1.807, 2.05) is 24.3 Å². The molecule has 2 rings (SSSR count). The van der Waals surface area contributed by atoms with Crippen LogP contribution in [0.15, 0.2) is 36.9 Å². The number of carbonyl (C=O) groups is 2. The zero-order valence-corrected chi connectivity index (χ0v) is 12.9. The van der Waals surface area contributed by atoms with E-state index in [4.69, 9.17) is 4.74 Å². The molecule has 1 aliphatic carbocycles. The highest BCUT2D eigenvalue weighted by molar-refractivity contribution is 6.07. The smallest absolute Gasteiger partial charge is 0.235 e. The Kier molecular flexibility index (Phi) is 5.20. The van der Waals surface area contributed by atoms with Crippen molar-refractivity contribution in [3.8, 4) is 5.75 Å². The fraction of sp³-hybridized carbons (Fsp3) is 0.412. The summed E-state index contributed by atoms with van der Waals surface area (Å²) in [6.45, 7) is 4.46. The number of rotatable bonds is 8. The van der Waals surface area contributed by atoms with Crippen molar-refractivity contribution < 1.29 is 14.3 Å². The molecule has 0 spiro atoms. The third kappa shape index (κ3) is 3.67. The van der Waals surface area contributed by atoms with Crippen molar-refractivity contribution in [3.05, 3.63) is 42.5 Å². The highest BCUT2D eigenvalue weighted by Crippen LogP contribution is 2.46. The van der Waals surface area contributed by atoms with E-state index in [9.17, 15) is 9.59 Å². The van der Waals surface area contributed by atoms with Gasteiger partial charge in [0.25, 0.3) is 0 Å². The summed E-state index contributed by atoms with van der Waals surface area (Å²) in [4.78, 5) is 24.2. The summed E-state index contributed by atoms with van der Waals surface area (Å²) >= 11 is 0. The largest absolute Gasteiger partial charge is 0.497 e. The molecule has 118 valence electrons. The summed E-state index contributed by atoms with van der Waals surface area (Å²) in [7, 11) is 1.63. The molecule has 0 unspecified atom stereocenters. The number of methoxy groups -OCH3 is 1. The van der Waals surface area contributed by atoms with Gasteiger partial charge in [-0.3, -0.25) is 9.59 Å². The molecule has 0 bridgehead atoms. The molecule has 0 saturated heterocycles. The first kappa shape index (κ1) is 16.1. The van der Waals surface area contributed by atoms with Crippen molar-refractivity contribution in [2.75, 3.05) is 20.2 Å². The van der Waals surface area contributed by atoms with Crippen molar-refractivity contribution in [2.24, 2.45) is 5.41 Å². The molecule has 1 saturated carbocycles. The van der Waals surface area contributed by atoms with Gasteiger partial charge in [0.1, 0.15) is 11.2 Å². The monoisotopic (exact) mass is 302 g/mol. The molecular weight excluding hydrogens is 280 g/mol. The highest BCUT2D eigenvalue weighted by atomic mass is 16.5. The Hall–Kier alpha value is -2.30. The van der Waals surface area contributed by atoms with Gasteiger partial charge in [-0.15, -0.1) is 6.58 Å². The number of carbonyl (C=O) groups excluding carboxylic acids is 2. The second-order valence-corrected chi connectivity index (χ2v) is 5.43. The lowest BCUT2D eigenvalue weighted by Gasteiger charge is -2.14. The van der Waals surface area contributed by atoms with Crippen molar-refractivity contribution in [1.29, 1.82) is 0 Å². The van der Waals surface area contributed by atoms with Crippen LogP contribution in [-0.4, -0.2) is 32.0 Å². The Balaban J connectivity index is 1.79. The Labute approximate surface area is 130 Å². The van der Waals surface area contributed by atoms with E-state index in [-0.39, 0.29) is 11.8 Å². The lowest BCUT2D eigenvalue weighted by Crippen LogP contribution is -2.43. The molecule has 5 nitrogen and oxygen atoms in total. The molecule has 1 aromatic carbocycles. The third-order valence-corrected chi connectivity index (χ3v) is 3.88. The molecule has 1 aromatic rings. The Morgan fingerprint density at radius 1 is 1.23 bits per heavy atom. The molecule has 5 heteroatoms. The first-order valence-corrected chi connectivity index (χ1v) is 7.43. The van der Waals surface area contributed by atoms with Gasteiger partial charge in [-0.25, -0.2) is 0 Å². The van der Waals surface area contributed by atoms with Crippen LogP contribution < -0.4 is 15.4 Å². The van der Waals surface area contributed by atoms with Crippen LogP contribution >= 0.6 is 0 Å². The topological polar surface area (TPSA) is 67.4 Å². The van der Waals surface area contributed by atoms with Crippen LogP contribution in [0.2, 0.25) is 0 Å². The van der Waals surface area contributed by atoms with Gasteiger partial charge >= 0.3 is 0 Å². The van der Waals surface area contributed by atoms with E-state index in [1.54, 1.807) is 13.2 Å². The zero-order chi connectivity index (χ0) is 16.0. The van der Waals surface area contributed by atoms with Crippen molar-refractivity contribution in [1.82, 2.24) is 10.6 Å². The predicted molar refractivity (Wildman–Crippen MR) is 84.6 cm³/mol. The normalized spacial score (nSPS) is 14.8. The molecule has 0 heterocycles. The first-order valence-electron chi connectivity index (χ1n) is 7.43. The van der Waals surface area contributed by atoms with Crippen molar-refractivity contribution >= 4 is 11.8 Å². The van der Waals surface area contributed by atoms with E-state index in [2.05, 4.69) is 17.2 Å². The molecule has 2 amide bonds. The maximum atomic E-state index is 12.2. The second-order valence-electron chi connectivity index (χ2n) is 5.43. The number of benzene rings is 1. The quantitative estimate of drug-likeness (QED) is 0.564. The molecular formula is C17H22N2O3. The average molecular weight is 302 g/mol. The molecule has 2 N–H and O–H groups in total. The molecule has 22 heavy (non-hydrogen) atoms. The van der Waals surface area contributed by atoms with E-state index in [0.29, 0.717) is 25.9 Å². The average Bonchev–Trinajstić information content (AvgIpc) is 3.35. The molecule has 0 radical (unpaired) electrons. The van der Waals surface area contributed by atoms with Gasteiger partial charge in [0, 0.05) is 13.1 Å². The Morgan fingerprint density at radius 2 is 1.86 bits per heavy atom. The van der Waals surface area contributed by atoms with Gasteiger partial charge in [0.05, 0.1) is 7.11 Å². The van der Waals surface area contributed by atoms with Gasteiger partial charge in [-0.05, 0) is 37.0 Å². The van der Waals surface area contributed by atoms with Crippen LogP contribution in [0.5, 0.6) is 5.75 Å². The van der Waals surface area contributed by atoms with Crippen LogP contribution in [0.4, 0.5) is 0 Å². The number of amides is 2. The fourth-order valence-electron chi connectivity index (χ4n) is 2.30. The first-order chi connectivity index (χ1) is 10.6. The van der Waals surface area contributed by atoms with E-state index in [0.717, 1.165) is 17.7 Å². The summed E-state index contributed by atoms with van der Waals surface area (Å²) in [5, 5.41) is 5.57. The summed E-state index contributed by atoms with van der Waals surface area (Å²) in [5.74, 6) is 0.431. The van der Waals surface area contributed by atoms with E-state index < -0.39 is 5.41 Å². The van der Waals surface area contributed by atoms with Gasteiger partial charge in [0.15, 0.2) is 0 Å². The van der Waals surface area contributed by atoms with Gasteiger partial charge in [-0.2, -0.15) is 0 Å². The van der Waals surface area contributed by atoms with Crippen LogP contribution in [0.1, 0.15) is 18.4 Å². The van der Waals surface area contributed by atoms with Crippen LogP contribution in [0, 0.1) is 5.41 Å². The van der Waals surface area contributed by atoms with Crippen LogP contribution in [0.3, 0.4) is 0 Å². The summed E-state index contributed by atoms with van der Waals surface area (Å²) in [5.41, 5.74) is 0.255. The van der Waals surface area contributed by atoms with E-state index in [1.165, 1.54) is 0 Å². The van der Waals surface area contributed by atoms with Crippen LogP contribution in [0.25, 0.3) is 0 Å².